The molecule has 18 heavy (non-hydrogen) atoms. The summed E-state index contributed by atoms with van der Waals surface area (Å²) in [5.41, 5.74) is 0.859. The van der Waals surface area contributed by atoms with E-state index in [2.05, 4.69) is 39.9 Å². The second kappa shape index (κ2) is 4.79. The minimum atomic E-state index is 0.396. The summed E-state index contributed by atoms with van der Waals surface area (Å²) in [5.74, 6) is 1.51. The van der Waals surface area contributed by atoms with Crippen molar-refractivity contribution < 1.29 is 4.74 Å². The molecule has 0 aromatic heterocycles. The fourth-order valence-electron chi connectivity index (χ4n) is 4.21. The Balaban J connectivity index is 1.97. The standard InChI is InChI=1S/C16H31NO/c1-11(2)13(17-6)10-18-14-9-12-7-8-16(14,5)15(12,3)4/h11-14,17H,7-10H2,1-6H3. The fraction of sp³-hybridized carbons (Fsp3) is 1.00. The first-order valence-electron chi connectivity index (χ1n) is 7.61. The highest BCUT2D eigenvalue weighted by Gasteiger charge is 2.61. The van der Waals surface area contributed by atoms with Crippen LogP contribution in [-0.2, 0) is 4.74 Å². The van der Waals surface area contributed by atoms with E-state index < -0.39 is 0 Å². The van der Waals surface area contributed by atoms with Crippen LogP contribution in [-0.4, -0.2) is 25.8 Å². The van der Waals surface area contributed by atoms with Crippen molar-refractivity contribution in [1.82, 2.24) is 5.32 Å². The third-order valence-electron chi connectivity index (χ3n) is 6.37. The lowest BCUT2D eigenvalue weighted by molar-refractivity contribution is -0.0562. The molecule has 2 rings (SSSR count). The number of hydrogen-bond donors (Lipinski definition) is 1. The summed E-state index contributed by atoms with van der Waals surface area (Å²) in [7, 11) is 2.04. The van der Waals surface area contributed by atoms with Gasteiger partial charge < -0.3 is 10.1 Å². The van der Waals surface area contributed by atoms with Crippen LogP contribution in [0.5, 0.6) is 0 Å². The predicted molar refractivity (Wildman–Crippen MR) is 76.7 cm³/mol. The second-order valence-corrected chi connectivity index (χ2v) is 7.57. The van der Waals surface area contributed by atoms with Crippen molar-refractivity contribution in [2.75, 3.05) is 13.7 Å². The summed E-state index contributed by atoms with van der Waals surface area (Å²) in [6.45, 7) is 12.7. The summed E-state index contributed by atoms with van der Waals surface area (Å²) >= 11 is 0. The van der Waals surface area contributed by atoms with E-state index in [-0.39, 0.29) is 0 Å². The molecule has 1 N–H and O–H groups in total. The molecule has 2 bridgehead atoms. The molecular weight excluding hydrogens is 222 g/mol. The average molecular weight is 253 g/mol. The normalized spacial score (nSPS) is 39.5. The number of nitrogens with one attached hydrogen (secondary N) is 1. The largest absolute Gasteiger partial charge is 0.376 e. The van der Waals surface area contributed by atoms with Crippen LogP contribution < -0.4 is 5.32 Å². The summed E-state index contributed by atoms with van der Waals surface area (Å²) in [4.78, 5) is 0. The first-order chi connectivity index (χ1) is 8.33. The average Bonchev–Trinajstić information content (AvgIpc) is 2.62. The molecule has 2 aliphatic carbocycles. The minimum absolute atomic E-state index is 0.396. The molecule has 4 atom stereocenters. The summed E-state index contributed by atoms with van der Waals surface area (Å²) in [6, 6.07) is 0.482. The van der Waals surface area contributed by atoms with Gasteiger partial charge in [-0.2, -0.15) is 0 Å². The third-order valence-corrected chi connectivity index (χ3v) is 6.37. The van der Waals surface area contributed by atoms with E-state index in [1.807, 2.05) is 7.05 Å². The van der Waals surface area contributed by atoms with Gasteiger partial charge in [0.25, 0.3) is 0 Å². The Kier molecular flexibility index (Phi) is 3.81. The van der Waals surface area contributed by atoms with Gasteiger partial charge in [0.2, 0.25) is 0 Å². The van der Waals surface area contributed by atoms with E-state index in [9.17, 15) is 0 Å². The Bertz CT molecular complexity index is 299. The SMILES string of the molecule is CNC(COC1CC2CCC1(C)C2(C)C)C(C)C. The lowest BCUT2D eigenvalue weighted by Crippen LogP contribution is -2.41. The number of rotatable bonds is 5. The van der Waals surface area contributed by atoms with Crippen LogP contribution in [0, 0.1) is 22.7 Å². The van der Waals surface area contributed by atoms with E-state index >= 15 is 0 Å². The number of likely N-dealkylation sites (N-methyl/N-ethyl adjacent to an activating group) is 1. The van der Waals surface area contributed by atoms with Crippen molar-refractivity contribution in [3.8, 4) is 0 Å². The molecule has 0 amide bonds. The van der Waals surface area contributed by atoms with Gasteiger partial charge in [0, 0.05) is 6.04 Å². The van der Waals surface area contributed by atoms with Crippen molar-refractivity contribution in [1.29, 1.82) is 0 Å². The van der Waals surface area contributed by atoms with Gasteiger partial charge in [-0.15, -0.1) is 0 Å². The molecule has 2 nitrogen and oxygen atoms in total. The van der Waals surface area contributed by atoms with Crippen LogP contribution in [0.1, 0.15) is 53.9 Å². The number of fused-ring (bicyclic) bond motifs is 2. The maximum atomic E-state index is 6.33. The topological polar surface area (TPSA) is 21.3 Å². The molecule has 2 aliphatic rings. The number of hydrogen-bond acceptors (Lipinski definition) is 2. The molecule has 0 radical (unpaired) electrons. The molecule has 0 aromatic carbocycles. The smallest absolute Gasteiger partial charge is 0.0637 e. The molecule has 0 aliphatic heterocycles. The van der Waals surface area contributed by atoms with E-state index in [0.29, 0.717) is 28.9 Å². The second-order valence-electron chi connectivity index (χ2n) is 7.57. The van der Waals surface area contributed by atoms with Gasteiger partial charge in [-0.05, 0) is 49.0 Å². The highest BCUT2D eigenvalue weighted by molar-refractivity contribution is 5.11. The molecule has 106 valence electrons. The van der Waals surface area contributed by atoms with E-state index in [1.165, 1.54) is 19.3 Å². The van der Waals surface area contributed by atoms with Gasteiger partial charge in [-0.1, -0.05) is 34.6 Å². The molecular formula is C16H31NO. The van der Waals surface area contributed by atoms with E-state index in [4.69, 9.17) is 4.74 Å². The molecule has 0 aromatic rings. The van der Waals surface area contributed by atoms with Crippen LogP contribution in [0.2, 0.25) is 0 Å². The maximum absolute atomic E-state index is 6.33. The van der Waals surface area contributed by atoms with E-state index in [0.717, 1.165) is 12.5 Å². The quantitative estimate of drug-likeness (QED) is 0.810. The van der Waals surface area contributed by atoms with Gasteiger partial charge >= 0.3 is 0 Å². The van der Waals surface area contributed by atoms with Gasteiger partial charge in [0.1, 0.15) is 0 Å². The molecule has 0 heterocycles. The van der Waals surface area contributed by atoms with Gasteiger partial charge in [-0.25, -0.2) is 0 Å². The Morgan fingerprint density at radius 1 is 1.28 bits per heavy atom. The molecule has 2 saturated carbocycles. The lowest BCUT2D eigenvalue weighted by atomic mass is 9.70. The predicted octanol–water partition coefficient (Wildman–Crippen LogP) is 3.46. The summed E-state index contributed by atoms with van der Waals surface area (Å²) in [6.07, 6.45) is 4.50. The Hall–Kier alpha value is -0.0800. The van der Waals surface area contributed by atoms with Crippen LogP contribution in [0.4, 0.5) is 0 Å². The Morgan fingerprint density at radius 2 is 1.94 bits per heavy atom. The van der Waals surface area contributed by atoms with E-state index in [1.54, 1.807) is 0 Å². The zero-order valence-electron chi connectivity index (χ0n) is 13.0. The van der Waals surface area contributed by atoms with Crippen molar-refractivity contribution in [2.24, 2.45) is 22.7 Å². The van der Waals surface area contributed by atoms with Crippen molar-refractivity contribution in [3.63, 3.8) is 0 Å². The summed E-state index contributed by atoms with van der Waals surface area (Å²) in [5, 5.41) is 3.38. The minimum Gasteiger partial charge on any atom is -0.376 e. The molecule has 2 fully saturated rings. The third kappa shape index (κ3) is 2.02. The van der Waals surface area contributed by atoms with Gasteiger partial charge in [0.05, 0.1) is 12.7 Å². The Labute approximate surface area is 113 Å². The van der Waals surface area contributed by atoms with Crippen molar-refractivity contribution >= 4 is 0 Å². The Morgan fingerprint density at radius 3 is 2.33 bits per heavy atom. The van der Waals surface area contributed by atoms with Crippen molar-refractivity contribution in [2.45, 2.75) is 66.0 Å². The fourth-order valence-corrected chi connectivity index (χ4v) is 4.21. The van der Waals surface area contributed by atoms with Crippen LogP contribution in [0.3, 0.4) is 0 Å². The molecule has 0 saturated heterocycles. The van der Waals surface area contributed by atoms with Gasteiger partial charge in [-0.3, -0.25) is 0 Å². The number of ether oxygens (including phenoxy) is 1. The zero-order chi connectivity index (χ0) is 13.6. The van der Waals surface area contributed by atoms with Crippen LogP contribution >= 0.6 is 0 Å². The molecule has 2 heteroatoms. The first kappa shape index (κ1) is 14.3. The van der Waals surface area contributed by atoms with Gasteiger partial charge in [0.15, 0.2) is 0 Å². The molecule has 0 spiro atoms. The lowest BCUT2D eigenvalue weighted by Gasteiger charge is -2.39. The monoisotopic (exact) mass is 253 g/mol. The zero-order valence-corrected chi connectivity index (χ0v) is 13.0. The van der Waals surface area contributed by atoms with Crippen LogP contribution in [0.25, 0.3) is 0 Å². The van der Waals surface area contributed by atoms with Crippen LogP contribution in [0.15, 0.2) is 0 Å². The molecule has 4 unspecified atom stereocenters. The van der Waals surface area contributed by atoms with Crippen molar-refractivity contribution in [3.05, 3.63) is 0 Å². The highest BCUT2D eigenvalue weighted by Crippen LogP contribution is 2.66. The highest BCUT2D eigenvalue weighted by atomic mass is 16.5. The summed E-state index contributed by atoms with van der Waals surface area (Å²) < 4.78 is 6.33. The first-order valence-corrected chi connectivity index (χ1v) is 7.61. The maximum Gasteiger partial charge on any atom is 0.0637 e.